The molecule has 0 saturated carbocycles. The Morgan fingerprint density at radius 1 is 1.25 bits per heavy atom. The Kier molecular flexibility index (Phi) is 5.78. The first-order valence-electron chi connectivity index (χ1n) is 5.41. The maximum absolute atomic E-state index is 5.33. The normalized spacial score (nSPS) is 9.50. The van der Waals surface area contributed by atoms with Crippen LogP contribution in [0.5, 0.6) is 11.5 Å². The highest BCUT2D eigenvalue weighted by atomic mass is 79.9. The molecule has 0 atom stereocenters. The highest BCUT2D eigenvalue weighted by Crippen LogP contribution is 2.35. The molecule has 1 aromatic carbocycles. The lowest BCUT2D eigenvalue weighted by atomic mass is 10.1. The second-order valence-electron chi connectivity index (χ2n) is 3.62. The first-order valence-corrected chi connectivity index (χ1v) is 6.29. The fourth-order valence-corrected chi connectivity index (χ4v) is 2.27. The smallest absolute Gasteiger partial charge is 0.212 e. The third-order valence-electron chi connectivity index (χ3n) is 2.40. The van der Waals surface area contributed by atoms with Crippen molar-refractivity contribution >= 4 is 39.4 Å². The molecule has 0 radical (unpaired) electrons. The van der Waals surface area contributed by atoms with Crippen molar-refractivity contribution in [2.45, 2.75) is 0 Å². The zero-order valence-corrected chi connectivity index (χ0v) is 13.5. The number of nitrogens with zero attached hydrogens (tertiary/aromatic N) is 2. The molecular weight excluding hydrogens is 344 g/mol. The number of guanidine groups is 1. The molecule has 0 aliphatic heterocycles. The van der Waals surface area contributed by atoms with Gasteiger partial charge in [0.15, 0.2) is 5.96 Å². The summed E-state index contributed by atoms with van der Waals surface area (Å²) in [6.07, 6.45) is 0. The minimum absolute atomic E-state index is 0. The molecular formula is C12H15BrN4O2S. The molecule has 2 aromatic rings. The Bertz CT molecular complexity index is 611. The van der Waals surface area contributed by atoms with E-state index in [1.807, 2.05) is 17.5 Å². The Labute approximate surface area is 131 Å². The molecule has 0 saturated heterocycles. The molecule has 8 heteroatoms. The number of hydrogen-bond acceptors (Lipinski definition) is 5. The summed E-state index contributed by atoms with van der Waals surface area (Å²) in [6, 6.07) is 5.53. The van der Waals surface area contributed by atoms with Gasteiger partial charge in [-0.25, -0.2) is 4.98 Å². The van der Waals surface area contributed by atoms with Crippen molar-refractivity contribution in [3.05, 3.63) is 23.6 Å². The van der Waals surface area contributed by atoms with Crippen LogP contribution in [-0.2, 0) is 0 Å². The molecule has 0 unspecified atom stereocenters. The number of hydrogen-bond donors (Lipinski definition) is 2. The predicted molar refractivity (Wildman–Crippen MR) is 86.4 cm³/mol. The van der Waals surface area contributed by atoms with E-state index in [2.05, 4.69) is 9.98 Å². The van der Waals surface area contributed by atoms with Crippen LogP contribution >= 0.6 is 28.3 Å². The van der Waals surface area contributed by atoms with E-state index in [1.54, 1.807) is 20.3 Å². The third-order valence-corrected chi connectivity index (χ3v) is 3.14. The van der Waals surface area contributed by atoms with E-state index < -0.39 is 0 Å². The minimum Gasteiger partial charge on any atom is -0.497 e. The largest absolute Gasteiger partial charge is 0.497 e. The topological polar surface area (TPSA) is 95.8 Å². The van der Waals surface area contributed by atoms with Gasteiger partial charge in [-0.3, -0.25) is 0 Å². The fraction of sp³-hybridized carbons (Fsp3) is 0.167. The molecule has 20 heavy (non-hydrogen) atoms. The van der Waals surface area contributed by atoms with Crippen LogP contribution in [-0.4, -0.2) is 25.2 Å². The highest BCUT2D eigenvalue weighted by molar-refractivity contribution is 8.93. The summed E-state index contributed by atoms with van der Waals surface area (Å²) < 4.78 is 10.5. The standard InChI is InChI=1S/C12H14N4O2S.BrH/c1-17-7-3-4-8(10(5-7)18-2)9-6-19-12(15-9)16-11(13)14;/h3-6H,1-2H3,(H4,13,14,15,16);1H. The zero-order chi connectivity index (χ0) is 13.8. The number of aromatic nitrogens is 1. The Morgan fingerprint density at radius 2 is 2.00 bits per heavy atom. The molecule has 0 fully saturated rings. The van der Waals surface area contributed by atoms with Crippen LogP contribution in [0.2, 0.25) is 0 Å². The van der Waals surface area contributed by atoms with Crippen LogP contribution in [0.25, 0.3) is 11.3 Å². The van der Waals surface area contributed by atoms with E-state index in [0.29, 0.717) is 10.9 Å². The molecule has 0 aliphatic rings. The van der Waals surface area contributed by atoms with Crippen molar-refractivity contribution in [2.75, 3.05) is 14.2 Å². The quantitative estimate of drug-likeness (QED) is 0.645. The van der Waals surface area contributed by atoms with Crippen LogP contribution in [0.1, 0.15) is 0 Å². The summed E-state index contributed by atoms with van der Waals surface area (Å²) in [5.41, 5.74) is 12.3. The molecule has 0 bridgehead atoms. The second kappa shape index (κ2) is 7.11. The lowest BCUT2D eigenvalue weighted by Gasteiger charge is -2.08. The van der Waals surface area contributed by atoms with Gasteiger partial charge in [-0.15, -0.1) is 28.3 Å². The molecule has 1 aromatic heterocycles. The lowest BCUT2D eigenvalue weighted by Crippen LogP contribution is -2.21. The van der Waals surface area contributed by atoms with Gasteiger partial charge in [0.1, 0.15) is 11.5 Å². The van der Waals surface area contributed by atoms with Crippen molar-refractivity contribution < 1.29 is 9.47 Å². The number of aliphatic imine (C=N–C) groups is 1. The molecule has 1 heterocycles. The summed E-state index contributed by atoms with van der Waals surface area (Å²) in [5.74, 6) is 1.39. The van der Waals surface area contributed by atoms with Gasteiger partial charge in [-0.2, -0.15) is 4.99 Å². The van der Waals surface area contributed by atoms with Crippen molar-refractivity contribution in [2.24, 2.45) is 16.5 Å². The van der Waals surface area contributed by atoms with E-state index in [9.17, 15) is 0 Å². The van der Waals surface area contributed by atoms with E-state index >= 15 is 0 Å². The van der Waals surface area contributed by atoms with E-state index in [-0.39, 0.29) is 22.9 Å². The van der Waals surface area contributed by atoms with Crippen LogP contribution in [0, 0.1) is 0 Å². The fourth-order valence-electron chi connectivity index (χ4n) is 1.56. The molecule has 0 aliphatic carbocycles. The SMILES string of the molecule is Br.COc1ccc(-c2csc(N=C(N)N)n2)c(OC)c1. The summed E-state index contributed by atoms with van der Waals surface area (Å²) in [4.78, 5) is 8.24. The van der Waals surface area contributed by atoms with Gasteiger partial charge in [0.05, 0.1) is 19.9 Å². The molecule has 108 valence electrons. The maximum Gasteiger partial charge on any atom is 0.212 e. The number of methoxy groups -OCH3 is 2. The minimum atomic E-state index is -0.0115. The van der Waals surface area contributed by atoms with Crippen LogP contribution < -0.4 is 20.9 Å². The first-order chi connectivity index (χ1) is 9.13. The van der Waals surface area contributed by atoms with Crippen molar-refractivity contribution in [1.29, 1.82) is 0 Å². The maximum atomic E-state index is 5.33. The van der Waals surface area contributed by atoms with E-state index in [0.717, 1.165) is 17.0 Å². The predicted octanol–water partition coefficient (Wildman–Crippen LogP) is 2.31. The number of halogens is 1. The van der Waals surface area contributed by atoms with Gasteiger partial charge >= 0.3 is 0 Å². The molecule has 0 amide bonds. The van der Waals surface area contributed by atoms with Crippen LogP contribution in [0.15, 0.2) is 28.6 Å². The number of rotatable bonds is 4. The number of benzene rings is 1. The van der Waals surface area contributed by atoms with Crippen molar-refractivity contribution in [1.82, 2.24) is 4.98 Å². The Balaban J connectivity index is 0.00000200. The van der Waals surface area contributed by atoms with Crippen molar-refractivity contribution in [3.63, 3.8) is 0 Å². The van der Waals surface area contributed by atoms with Gasteiger partial charge in [0.2, 0.25) is 5.13 Å². The van der Waals surface area contributed by atoms with Crippen LogP contribution in [0.4, 0.5) is 5.13 Å². The second-order valence-corrected chi connectivity index (χ2v) is 4.45. The average Bonchev–Trinajstić information content (AvgIpc) is 2.85. The summed E-state index contributed by atoms with van der Waals surface area (Å²) in [6.45, 7) is 0. The summed E-state index contributed by atoms with van der Waals surface area (Å²) in [7, 11) is 3.20. The summed E-state index contributed by atoms with van der Waals surface area (Å²) in [5, 5.41) is 2.37. The molecule has 2 rings (SSSR count). The summed E-state index contributed by atoms with van der Waals surface area (Å²) >= 11 is 1.36. The molecule has 6 nitrogen and oxygen atoms in total. The van der Waals surface area contributed by atoms with E-state index in [4.69, 9.17) is 20.9 Å². The zero-order valence-electron chi connectivity index (χ0n) is 11.0. The average molecular weight is 359 g/mol. The van der Waals surface area contributed by atoms with Crippen LogP contribution in [0.3, 0.4) is 0 Å². The van der Waals surface area contributed by atoms with Gasteiger partial charge < -0.3 is 20.9 Å². The lowest BCUT2D eigenvalue weighted by molar-refractivity contribution is 0.395. The Morgan fingerprint density at radius 3 is 2.60 bits per heavy atom. The number of thiazole rings is 1. The third kappa shape index (κ3) is 3.61. The van der Waals surface area contributed by atoms with Gasteiger partial charge in [0.25, 0.3) is 0 Å². The van der Waals surface area contributed by atoms with Gasteiger partial charge in [0, 0.05) is 17.0 Å². The monoisotopic (exact) mass is 358 g/mol. The number of ether oxygens (including phenoxy) is 2. The van der Waals surface area contributed by atoms with Crippen molar-refractivity contribution in [3.8, 4) is 22.8 Å². The highest BCUT2D eigenvalue weighted by Gasteiger charge is 2.11. The van der Waals surface area contributed by atoms with Gasteiger partial charge in [-0.05, 0) is 12.1 Å². The van der Waals surface area contributed by atoms with E-state index in [1.165, 1.54) is 11.3 Å². The number of nitrogens with two attached hydrogens (primary N) is 2. The van der Waals surface area contributed by atoms with Gasteiger partial charge in [-0.1, -0.05) is 0 Å². The molecule has 4 N–H and O–H groups in total. The molecule has 0 spiro atoms. The first kappa shape index (κ1) is 16.3. The Hall–Kier alpha value is -1.80.